The topological polar surface area (TPSA) is 90.4 Å². The van der Waals surface area contributed by atoms with Gasteiger partial charge in [-0.15, -0.1) is 11.3 Å². The molecule has 5 nitrogen and oxygen atoms in total. The number of hydrogen-bond donors (Lipinski definition) is 3. The number of aromatic hydroxyl groups is 1. The predicted molar refractivity (Wildman–Crippen MR) is 51.1 cm³/mol. The normalized spacial score (nSPS) is 10.6. The molecule has 72 valence electrons. The summed E-state index contributed by atoms with van der Waals surface area (Å²) in [6, 6.07) is 1.60. The van der Waals surface area contributed by atoms with E-state index in [1.54, 1.807) is 11.4 Å². The minimum Gasteiger partial charge on any atom is -0.505 e. The third-order valence-electron chi connectivity index (χ3n) is 1.81. The molecule has 2 heterocycles. The molecule has 0 saturated heterocycles. The van der Waals surface area contributed by atoms with Crippen LogP contribution in [0.1, 0.15) is 10.4 Å². The number of fused-ring (bicyclic) bond motifs is 1. The monoisotopic (exact) mass is 211 g/mol. The van der Waals surface area contributed by atoms with Gasteiger partial charge < -0.3 is 15.2 Å². The molecule has 0 atom stereocenters. The van der Waals surface area contributed by atoms with Crippen molar-refractivity contribution in [2.75, 3.05) is 0 Å². The van der Waals surface area contributed by atoms with Crippen LogP contribution in [0.3, 0.4) is 0 Å². The maximum Gasteiger partial charge on any atom is 0.345 e. The van der Waals surface area contributed by atoms with Crippen molar-refractivity contribution >= 4 is 27.5 Å². The Kier molecular flexibility index (Phi) is 1.78. The molecule has 0 bridgehead atoms. The van der Waals surface area contributed by atoms with Crippen LogP contribution in [0.4, 0.5) is 0 Å². The van der Waals surface area contributed by atoms with E-state index in [1.165, 1.54) is 11.3 Å². The largest absolute Gasteiger partial charge is 0.505 e. The fraction of sp³-hybridized carbons (Fsp3) is 0. The second kappa shape index (κ2) is 2.85. The van der Waals surface area contributed by atoms with Crippen LogP contribution < -0.4 is 5.56 Å². The maximum absolute atomic E-state index is 11.2. The Morgan fingerprint density at radius 2 is 2.21 bits per heavy atom. The fourth-order valence-electron chi connectivity index (χ4n) is 1.20. The van der Waals surface area contributed by atoms with Crippen molar-refractivity contribution in [1.82, 2.24) is 4.98 Å². The highest BCUT2D eigenvalue weighted by Gasteiger charge is 2.18. The van der Waals surface area contributed by atoms with Crippen molar-refractivity contribution in [3.63, 3.8) is 0 Å². The number of aromatic amines is 1. The van der Waals surface area contributed by atoms with E-state index < -0.39 is 22.8 Å². The van der Waals surface area contributed by atoms with E-state index >= 15 is 0 Å². The molecule has 0 aliphatic carbocycles. The molecule has 0 fully saturated rings. The molecular formula is C8H5NO4S. The molecule has 6 heteroatoms. The second-order valence-corrected chi connectivity index (χ2v) is 3.56. The van der Waals surface area contributed by atoms with Crippen LogP contribution in [0.5, 0.6) is 5.75 Å². The minimum absolute atomic E-state index is 0.377. The Morgan fingerprint density at radius 1 is 1.50 bits per heavy atom. The first-order chi connectivity index (χ1) is 6.61. The first kappa shape index (κ1) is 8.76. The lowest BCUT2D eigenvalue weighted by atomic mass is 10.2. The van der Waals surface area contributed by atoms with Gasteiger partial charge in [-0.2, -0.15) is 0 Å². The quantitative estimate of drug-likeness (QED) is 0.656. The first-order valence-corrected chi connectivity index (χ1v) is 4.55. The zero-order valence-electron chi connectivity index (χ0n) is 6.77. The average molecular weight is 211 g/mol. The van der Waals surface area contributed by atoms with Crippen molar-refractivity contribution in [2.45, 2.75) is 0 Å². The minimum atomic E-state index is -1.43. The Hall–Kier alpha value is -1.82. The molecule has 2 aromatic heterocycles. The number of thiophene rings is 1. The number of aromatic nitrogens is 1. The number of pyridine rings is 1. The van der Waals surface area contributed by atoms with Crippen molar-refractivity contribution in [3.05, 3.63) is 27.4 Å². The Morgan fingerprint density at radius 3 is 2.86 bits per heavy atom. The standard InChI is InChI=1S/C8H5NO4S/c10-5-4(8(12)13)7(11)9-3-1-2-14-6(3)5/h1-2H,(H,12,13)(H2,9,10,11). The summed E-state index contributed by atoms with van der Waals surface area (Å²) in [5, 5.41) is 19.8. The summed E-state index contributed by atoms with van der Waals surface area (Å²) in [6.45, 7) is 0. The summed E-state index contributed by atoms with van der Waals surface area (Å²) < 4.78 is 0.377. The molecule has 0 aliphatic rings. The number of H-pyrrole nitrogens is 1. The van der Waals surface area contributed by atoms with Crippen LogP contribution in [-0.2, 0) is 0 Å². The molecule has 0 aromatic carbocycles. The van der Waals surface area contributed by atoms with Crippen molar-refractivity contribution < 1.29 is 15.0 Å². The smallest absolute Gasteiger partial charge is 0.345 e. The molecule has 0 radical (unpaired) electrons. The van der Waals surface area contributed by atoms with Crippen LogP contribution in [0.15, 0.2) is 16.2 Å². The second-order valence-electron chi connectivity index (χ2n) is 2.65. The summed E-state index contributed by atoms with van der Waals surface area (Å²) in [4.78, 5) is 24.2. The number of carboxylic acid groups (broad SMARTS) is 1. The van der Waals surface area contributed by atoms with Crippen LogP contribution in [-0.4, -0.2) is 21.2 Å². The van der Waals surface area contributed by atoms with E-state index in [4.69, 9.17) is 5.11 Å². The van der Waals surface area contributed by atoms with Crippen molar-refractivity contribution in [3.8, 4) is 5.75 Å². The first-order valence-electron chi connectivity index (χ1n) is 3.67. The van der Waals surface area contributed by atoms with E-state index in [9.17, 15) is 14.7 Å². The van der Waals surface area contributed by atoms with Gasteiger partial charge >= 0.3 is 5.97 Å². The highest BCUT2D eigenvalue weighted by atomic mass is 32.1. The third kappa shape index (κ3) is 1.08. The highest BCUT2D eigenvalue weighted by Crippen LogP contribution is 2.29. The Balaban J connectivity index is 2.96. The van der Waals surface area contributed by atoms with Gasteiger partial charge in [0.05, 0.1) is 10.2 Å². The fourth-order valence-corrected chi connectivity index (χ4v) is 2.00. The SMILES string of the molecule is O=C(O)c1c(O)c2sccc2[nH]c1=O. The number of nitrogens with one attached hydrogen (secondary N) is 1. The third-order valence-corrected chi connectivity index (χ3v) is 2.73. The number of carbonyl (C=O) groups is 1. The predicted octanol–water partition coefficient (Wildman–Crippen LogP) is 0.993. The van der Waals surface area contributed by atoms with Crippen molar-refractivity contribution in [2.24, 2.45) is 0 Å². The van der Waals surface area contributed by atoms with Gasteiger partial charge in [0.2, 0.25) is 0 Å². The lowest BCUT2D eigenvalue weighted by Gasteiger charge is -1.98. The van der Waals surface area contributed by atoms with Gasteiger partial charge in [0.25, 0.3) is 5.56 Å². The zero-order valence-corrected chi connectivity index (χ0v) is 7.59. The summed E-state index contributed by atoms with van der Waals surface area (Å²) in [7, 11) is 0. The Bertz CT molecular complexity index is 568. The Labute approximate surface area is 81.2 Å². The summed E-state index contributed by atoms with van der Waals surface area (Å²) in [6.07, 6.45) is 0. The molecule has 0 aliphatic heterocycles. The van der Waals surface area contributed by atoms with Gasteiger partial charge in [0.1, 0.15) is 0 Å². The summed E-state index contributed by atoms with van der Waals surface area (Å²) >= 11 is 1.17. The average Bonchev–Trinajstić information content (AvgIpc) is 2.50. The van der Waals surface area contributed by atoms with E-state index in [1.807, 2.05) is 0 Å². The van der Waals surface area contributed by atoms with E-state index in [0.717, 1.165) is 0 Å². The molecule has 14 heavy (non-hydrogen) atoms. The molecule has 0 spiro atoms. The molecule has 0 amide bonds. The maximum atomic E-state index is 11.2. The lowest BCUT2D eigenvalue weighted by Crippen LogP contribution is -2.16. The highest BCUT2D eigenvalue weighted by molar-refractivity contribution is 7.17. The van der Waals surface area contributed by atoms with Crippen molar-refractivity contribution in [1.29, 1.82) is 0 Å². The number of rotatable bonds is 1. The van der Waals surface area contributed by atoms with E-state index in [0.29, 0.717) is 10.2 Å². The van der Waals surface area contributed by atoms with E-state index in [-0.39, 0.29) is 0 Å². The number of carboxylic acids is 1. The van der Waals surface area contributed by atoms with Gasteiger partial charge in [-0.05, 0) is 11.4 Å². The van der Waals surface area contributed by atoms with Gasteiger partial charge in [0, 0.05) is 0 Å². The number of hydrogen-bond acceptors (Lipinski definition) is 4. The summed E-state index contributed by atoms with van der Waals surface area (Å²) in [5.74, 6) is -1.90. The van der Waals surface area contributed by atoms with Gasteiger partial charge in [0.15, 0.2) is 11.3 Å². The molecule has 0 saturated carbocycles. The summed E-state index contributed by atoms with van der Waals surface area (Å²) in [5.41, 5.74) is -0.955. The van der Waals surface area contributed by atoms with Crippen LogP contribution in [0.25, 0.3) is 10.2 Å². The zero-order chi connectivity index (χ0) is 10.3. The molecule has 3 N–H and O–H groups in total. The van der Waals surface area contributed by atoms with Crippen LogP contribution >= 0.6 is 11.3 Å². The number of aromatic carboxylic acids is 1. The molecule has 2 rings (SSSR count). The van der Waals surface area contributed by atoms with Crippen LogP contribution in [0, 0.1) is 0 Å². The molecule has 0 unspecified atom stereocenters. The van der Waals surface area contributed by atoms with Crippen LogP contribution in [0.2, 0.25) is 0 Å². The van der Waals surface area contributed by atoms with Gasteiger partial charge in [-0.1, -0.05) is 0 Å². The molecular weight excluding hydrogens is 206 g/mol. The van der Waals surface area contributed by atoms with Gasteiger partial charge in [-0.3, -0.25) is 4.79 Å². The van der Waals surface area contributed by atoms with E-state index in [2.05, 4.69) is 4.98 Å². The lowest BCUT2D eigenvalue weighted by molar-refractivity contribution is 0.0692. The molecule has 2 aromatic rings. The van der Waals surface area contributed by atoms with Gasteiger partial charge in [-0.25, -0.2) is 4.79 Å².